The Morgan fingerprint density at radius 3 is 2.60 bits per heavy atom. The van der Waals surface area contributed by atoms with Crippen molar-refractivity contribution in [1.82, 2.24) is 9.88 Å². The first-order chi connectivity index (χ1) is 7.09. The van der Waals surface area contributed by atoms with E-state index in [9.17, 15) is 15.0 Å². The zero-order chi connectivity index (χ0) is 11.0. The molecule has 1 aliphatic rings. The third-order valence-electron chi connectivity index (χ3n) is 2.49. The van der Waals surface area contributed by atoms with E-state index in [0.29, 0.717) is 10.6 Å². The van der Waals surface area contributed by atoms with Crippen LogP contribution in [0.4, 0.5) is 0 Å². The molecule has 1 aliphatic heterocycles. The average molecular weight is 228 g/mol. The van der Waals surface area contributed by atoms with Crippen LogP contribution in [0.1, 0.15) is 15.4 Å². The summed E-state index contributed by atoms with van der Waals surface area (Å²) in [5, 5.41) is 18.7. The number of thiazole rings is 1. The van der Waals surface area contributed by atoms with E-state index in [0.717, 1.165) is 0 Å². The highest BCUT2D eigenvalue weighted by molar-refractivity contribution is 7.11. The number of aryl methyl sites for hydroxylation is 1. The van der Waals surface area contributed by atoms with E-state index in [4.69, 9.17) is 0 Å². The molecule has 5 nitrogen and oxygen atoms in total. The van der Waals surface area contributed by atoms with Crippen LogP contribution in [0.25, 0.3) is 0 Å². The molecule has 6 heteroatoms. The van der Waals surface area contributed by atoms with Gasteiger partial charge in [0.05, 0.1) is 23.4 Å². The first kappa shape index (κ1) is 10.5. The Bertz CT molecular complexity index is 369. The van der Waals surface area contributed by atoms with Crippen molar-refractivity contribution in [2.24, 2.45) is 0 Å². The van der Waals surface area contributed by atoms with Gasteiger partial charge in [-0.1, -0.05) is 0 Å². The van der Waals surface area contributed by atoms with Crippen LogP contribution in [0.15, 0.2) is 5.51 Å². The molecule has 1 aromatic heterocycles. The van der Waals surface area contributed by atoms with E-state index in [1.165, 1.54) is 16.2 Å². The van der Waals surface area contributed by atoms with Crippen molar-refractivity contribution >= 4 is 17.2 Å². The van der Waals surface area contributed by atoms with Gasteiger partial charge < -0.3 is 15.1 Å². The zero-order valence-electron chi connectivity index (χ0n) is 8.25. The van der Waals surface area contributed by atoms with Crippen LogP contribution in [-0.2, 0) is 0 Å². The van der Waals surface area contributed by atoms with Crippen molar-refractivity contribution in [3.8, 4) is 0 Å². The van der Waals surface area contributed by atoms with Crippen LogP contribution in [0, 0.1) is 6.92 Å². The highest BCUT2D eigenvalue weighted by Gasteiger charge is 2.33. The Hall–Kier alpha value is -0.980. The van der Waals surface area contributed by atoms with E-state index >= 15 is 0 Å². The normalized spacial score (nSPS) is 25.9. The summed E-state index contributed by atoms with van der Waals surface area (Å²) in [5.41, 5.74) is 2.31. The fourth-order valence-electron chi connectivity index (χ4n) is 1.59. The highest BCUT2D eigenvalue weighted by atomic mass is 32.1. The molecule has 0 bridgehead atoms. The van der Waals surface area contributed by atoms with Gasteiger partial charge >= 0.3 is 0 Å². The smallest absolute Gasteiger partial charge is 0.266 e. The fourth-order valence-corrected chi connectivity index (χ4v) is 2.36. The fraction of sp³-hybridized carbons (Fsp3) is 0.556. The minimum Gasteiger partial charge on any atom is -0.388 e. The summed E-state index contributed by atoms with van der Waals surface area (Å²) in [6.07, 6.45) is -1.66. The van der Waals surface area contributed by atoms with Crippen LogP contribution >= 0.6 is 11.3 Å². The van der Waals surface area contributed by atoms with E-state index in [2.05, 4.69) is 4.98 Å². The second kappa shape index (κ2) is 3.88. The first-order valence-electron chi connectivity index (χ1n) is 4.65. The summed E-state index contributed by atoms with van der Waals surface area (Å²) >= 11 is 1.28. The van der Waals surface area contributed by atoms with Crippen LogP contribution < -0.4 is 0 Å². The molecule has 1 amide bonds. The van der Waals surface area contributed by atoms with Gasteiger partial charge in [-0.3, -0.25) is 4.79 Å². The zero-order valence-corrected chi connectivity index (χ0v) is 9.07. The molecule has 2 rings (SSSR count). The molecule has 0 aromatic carbocycles. The average Bonchev–Trinajstić information content (AvgIpc) is 2.74. The minimum absolute atomic E-state index is 0.161. The number of amides is 1. The largest absolute Gasteiger partial charge is 0.388 e. The molecule has 0 aliphatic carbocycles. The number of likely N-dealkylation sites (tertiary alicyclic amines) is 1. The lowest BCUT2D eigenvalue weighted by Gasteiger charge is -2.13. The van der Waals surface area contributed by atoms with E-state index in [1.807, 2.05) is 0 Å². The molecule has 2 atom stereocenters. The van der Waals surface area contributed by atoms with Gasteiger partial charge in [-0.2, -0.15) is 0 Å². The minimum atomic E-state index is -0.831. The summed E-state index contributed by atoms with van der Waals surface area (Å²) in [4.78, 5) is 17.9. The topological polar surface area (TPSA) is 73.7 Å². The Morgan fingerprint density at radius 1 is 1.53 bits per heavy atom. The first-order valence-corrected chi connectivity index (χ1v) is 5.53. The number of β-amino-alcohol motifs (C(OH)–C–C–N with tert-alkyl or cyclic N) is 2. The van der Waals surface area contributed by atoms with Gasteiger partial charge in [0.25, 0.3) is 5.91 Å². The van der Waals surface area contributed by atoms with Crippen molar-refractivity contribution in [2.75, 3.05) is 13.1 Å². The lowest BCUT2D eigenvalue weighted by molar-refractivity contribution is 0.0572. The molecule has 15 heavy (non-hydrogen) atoms. The van der Waals surface area contributed by atoms with Gasteiger partial charge in [0.15, 0.2) is 0 Å². The summed E-state index contributed by atoms with van der Waals surface area (Å²) in [6, 6.07) is 0. The van der Waals surface area contributed by atoms with Crippen LogP contribution in [0.3, 0.4) is 0 Å². The van der Waals surface area contributed by atoms with Crippen molar-refractivity contribution < 1.29 is 15.0 Å². The molecule has 82 valence electrons. The Balaban J connectivity index is 2.13. The maximum atomic E-state index is 11.9. The SMILES string of the molecule is Cc1ncsc1C(=O)N1CC(O)C(O)C1. The molecular weight excluding hydrogens is 216 g/mol. The monoisotopic (exact) mass is 228 g/mol. The molecular formula is C9H12N2O3S. The predicted molar refractivity (Wildman–Crippen MR) is 54.8 cm³/mol. The summed E-state index contributed by atoms with van der Waals surface area (Å²) in [7, 11) is 0. The third-order valence-corrected chi connectivity index (χ3v) is 3.40. The van der Waals surface area contributed by atoms with Crippen molar-refractivity contribution in [3.05, 3.63) is 16.1 Å². The number of hydrogen-bond donors (Lipinski definition) is 2. The number of hydrogen-bond acceptors (Lipinski definition) is 5. The van der Waals surface area contributed by atoms with Crippen molar-refractivity contribution in [3.63, 3.8) is 0 Å². The molecule has 2 N–H and O–H groups in total. The molecule has 0 radical (unpaired) electrons. The Kier molecular flexibility index (Phi) is 2.72. The van der Waals surface area contributed by atoms with Crippen molar-refractivity contribution in [2.45, 2.75) is 19.1 Å². The molecule has 1 saturated heterocycles. The second-order valence-corrected chi connectivity index (χ2v) is 4.47. The maximum Gasteiger partial charge on any atom is 0.266 e. The van der Waals surface area contributed by atoms with Crippen LogP contribution in [0.5, 0.6) is 0 Å². The van der Waals surface area contributed by atoms with Gasteiger partial charge in [0.1, 0.15) is 4.88 Å². The number of nitrogens with zero attached hydrogens (tertiary/aromatic N) is 2. The van der Waals surface area contributed by atoms with Gasteiger partial charge in [0, 0.05) is 13.1 Å². The molecule has 0 saturated carbocycles. The van der Waals surface area contributed by atoms with Gasteiger partial charge in [-0.15, -0.1) is 11.3 Å². The number of carbonyl (C=O) groups excluding carboxylic acids is 1. The molecule has 1 fully saturated rings. The maximum absolute atomic E-state index is 11.9. The number of carbonyl (C=O) groups is 1. The molecule has 2 unspecified atom stereocenters. The van der Waals surface area contributed by atoms with Gasteiger partial charge in [0.2, 0.25) is 0 Å². The molecule has 2 heterocycles. The lowest BCUT2D eigenvalue weighted by Crippen LogP contribution is -2.29. The van der Waals surface area contributed by atoms with Gasteiger partial charge in [-0.25, -0.2) is 4.98 Å². The number of aromatic nitrogens is 1. The van der Waals surface area contributed by atoms with Crippen LogP contribution in [0.2, 0.25) is 0 Å². The summed E-state index contributed by atoms with van der Waals surface area (Å²) < 4.78 is 0. The second-order valence-electron chi connectivity index (χ2n) is 3.61. The van der Waals surface area contributed by atoms with E-state index < -0.39 is 12.2 Å². The quantitative estimate of drug-likeness (QED) is 0.687. The lowest BCUT2D eigenvalue weighted by atomic mass is 10.3. The van der Waals surface area contributed by atoms with Crippen molar-refractivity contribution in [1.29, 1.82) is 0 Å². The molecule has 0 spiro atoms. The number of aliphatic hydroxyl groups excluding tert-OH is 2. The van der Waals surface area contributed by atoms with E-state index in [-0.39, 0.29) is 19.0 Å². The highest BCUT2D eigenvalue weighted by Crippen LogP contribution is 2.19. The predicted octanol–water partition coefficient (Wildman–Crippen LogP) is -0.371. The third kappa shape index (κ3) is 1.88. The van der Waals surface area contributed by atoms with E-state index in [1.54, 1.807) is 12.4 Å². The summed E-state index contributed by atoms with van der Waals surface area (Å²) in [5.74, 6) is -0.161. The standard InChI is InChI=1S/C9H12N2O3S/c1-5-8(15-4-10-5)9(14)11-2-6(12)7(13)3-11/h4,6-7,12-13H,2-3H2,1H3. The molecule has 1 aromatic rings. The van der Waals surface area contributed by atoms with Gasteiger partial charge in [-0.05, 0) is 6.92 Å². The Labute approximate surface area is 91.0 Å². The Morgan fingerprint density at radius 2 is 2.13 bits per heavy atom. The summed E-state index contributed by atoms with van der Waals surface area (Å²) in [6.45, 7) is 2.15. The number of aliphatic hydroxyl groups is 2. The van der Waals surface area contributed by atoms with Crippen LogP contribution in [-0.4, -0.2) is 51.3 Å². The number of rotatable bonds is 1.